The van der Waals surface area contributed by atoms with E-state index in [1.165, 1.54) is 7.11 Å². The molecular formula is C12H19NO4. The van der Waals surface area contributed by atoms with E-state index in [4.69, 9.17) is 19.9 Å². The maximum absolute atomic E-state index is 9.95. The SMILES string of the molecule is COCc1ccc(OC)c(OC)c1C(O)CN. The molecule has 1 aromatic rings. The summed E-state index contributed by atoms with van der Waals surface area (Å²) in [5, 5.41) is 9.95. The second-order valence-electron chi connectivity index (χ2n) is 3.56. The minimum Gasteiger partial charge on any atom is -0.493 e. The number of benzene rings is 1. The van der Waals surface area contributed by atoms with E-state index in [9.17, 15) is 5.11 Å². The Morgan fingerprint density at radius 2 is 1.94 bits per heavy atom. The van der Waals surface area contributed by atoms with Gasteiger partial charge in [0, 0.05) is 19.2 Å². The Balaban J connectivity index is 3.33. The van der Waals surface area contributed by atoms with Crippen LogP contribution in [0.2, 0.25) is 0 Å². The van der Waals surface area contributed by atoms with Crippen molar-refractivity contribution in [1.82, 2.24) is 0 Å². The summed E-state index contributed by atoms with van der Waals surface area (Å²) in [4.78, 5) is 0. The number of aliphatic hydroxyl groups is 1. The molecule has 0 saturated heterocycles. The third kappa shape index (κ3) is 2.88. The number of aliphatic hydroxyl groups excluding tert-OH is 1. The monoisotopic (exact) mass is 241 g/mol. The fourth-order valence-electron chi connectivity index (χ4n) is 1.76. The Hall–Kier alpha value is -1.30. The molecule has 0 heterocycles. The van der Waals surface area contributed by atoms with Gasteiger partial charge in [0.2, 0.25) is 0 Å². The Morgan fingerprint density at radius 3 is 2.41 bits per heavy atom. The van der Waals surface area contributed by atoms with Crippen LogP contribution in [-0.4, -0.2) is 33.0 Å². The molecule has 0 amide bonds. The predicted octanol–water partition coefficient (Wildman–Crippen LogP) is 0.842. The van der Waals surface area contributed by atoms with E-state index in [0.717, 1.165) is 5.56 Å². The lowest BCUT2D eigenvalue weighted by Crippen LogP contribution is -2.15. The molecule has 0 aliphatic carbocycles. The molecule has 0 bridgehead atoms. The molecule has 1 unspecified atom stereocenters. The third-order valence-corrected chi connectivity index (χ3v) is 2.53. The molecule has 3 N–H and O–H groups in total. The number of hydrogen-bond acceptors (Lipinski definition) is 5. The topological polar surface area (TPSA) is 73.9 Å². The molecule has 17 heavy (non-hydrogen) atoms. The molecule has 0 aliphatic rings. The lowest BCUT2D eigenvalue weighted by molar-refractivity contribution is 0.162. The van der Waals surface area contributed by atoms with Crippen molar-refractivity contribution in [2.75, 3.05) is 27.9 Å². The minimum atomic E-state index is -0.801. The van der Waals surface area contributed by atoms with E-state index < -0.39 is 6.10 Å². The highest BCUT2D eigenvalue weighted by Gasteiger charge is 2.20. The van der Waals surface area contributed by atoms with Gasteiger partial charge in [-0.05, 0) is 11.6 Å². The van der Waals surface area contributed by atoms with Crippen molar-refractivity contribution in [3.8, 4) is 11.5 Å². The van der Waals surface area contributed by atoms with Crippen molar-refractivity contribution < 1.29 is 19.3 Å². The maximum atomic E-state index is 9.95. The van der Waals surface area contributed by atoms with Gasteiger partial charge < -0.3 is 25.1 Å². The molecule has 0 aromatic heterocycles. The van der Waals surface area contributed by atoms with Crippen molar-refractivity contribution in [1.29, 1.82) is 0 Å². The second kappa shape index (κ2) is 6.44. The Labute approximate surface area is 101 Å². The summed E-state index contributed by atoms with van der Waals surface area (Å²) in [6.07, 6.45) is -0.801. The Morgan fingerprint density at radius 1 is 1.24 bits per heavy atom. The summed E-state index contributed by atoms with van der Waals surface area (Å²) < 4.78 is 15.6. The van der Waals surface area contributed by atoms with E-state index >= 15 is 0 Å². The van der Waals surface area contributed by atoms with E-state index in [2.05, 4.69) is 0 Å². The van der Waals surface area contributed by atoms with Gasteiger partial charge in [0.05, 0.1) is 26.9 Å². The molecular weight excluding hydrogens is 222 g/mol. The van der Waals surface area contributed by atoms with Crippen LogP contribution in [0, 0.1) is 0 Å². The zero-order valence-corrected chi connectivity index (χ0v) is 10.4. The molecule has 1 rings (SSSR count). The zero-order valence-electron chi connectivity index (χ0n) is 10.4. The van der Waals surface area contributed by atoms with Crippen molar-refractivity contribution >= 4 is 0 Å². The molecule has 96 valence electrons. The van der Waals surface area contributed by atoms with Crippen molar-refractivity contribution in [2.24, 2.45) is 5.73 Å². The first-order valence-corrected chi connectivity index (χ1v) is 5.30. The first kappa shape index (κ1) is 13.8. The smallest absolute Gasteiger partial charge is 0.166 e. The van der Waals surface area contributed by atoms with Crippen molar-refractivity contribution in [3.05, 3.63) is 23.3 Å². The molecule has 0 fully saturated rings. The van der Waals surface area contributed by atoms with Gasteiger partial charge in [-0.3, -0.25) is 0 Å². The van der Waals surface area contributed by atoms with Crippen LogP contribution in [0.3, 0.4) is 0 Å². The molecule has 0 radical (unpaired) electrons. The summed E-state index contributed by atoms with van der Waals surface area (Å²) in [6, 6.07) is 3.61. The molecule has 0 saturated carbocycles. The predicted molar refractivity (Wildman–Crippen MR) is 64.3 cm³/mol. The number of methoxy groups -OCH3 is 3. The van der Waals surface area contributed by atoms with E-state index in [0.29, 0.717) is 23.7 Å². The summed E-state index contributed by atoms with van der Waals surface area (Å²) >= 11 is 0. The summed E-state index contributed by atoms with van der Waals surface area (Å²) in [5.74, 6) is 1.06. The lowest BCUT2D eigenvalue weighted by Gasteiger charge is -2.19. The average Bonchev–Trinajstić information content (AvgIpc) is 2.37. The number of ether oxygens (including phenoxy) is 3. The zero-order chi connectivity index (χ0) is 12.8. The van der Waals surface area contributed by atoms with Crippen LogP contribution in [0.1, 0.15) is 17.2 Å². The van der Waals surface area contributed by atoms with Crippen molar-refractivity contribution in [2.45, 2.75) is 12.7 Å². The van der Waals surface area contributed by atoms with E-state index in [1.54, 1.807) is 20.3 Å². The highest BCUT2D eigenvalue weighted by molar-refractivity contribution is 5.52. The van der Waals surface area contributed by atoms with Gasteiger partial charge in [-0.2, -0.15) is 0 Å². The van der Waals surface area contributed by atoms with Crippen molar-refractivity contribution in [3.63, 3.8) is 0 Å². The van der Waals surface area contributed by atoms with Crippen LogP contribution >= 0.6 is 0 Å². The van der Waals surface area contributed by atoms with Gasteiger partial charge in [-0.15, -0.1) is 0 Å². The lowest BCUT2D eigenvalue weighted by atomic mass is 10.0. The highest BCUT2D eigenvalue weighted by Crippen LogP contribution is 2.37. The number of nitrogens with two attached hydrogens (primary N) is 1. The standard InChI is InChI=1S/C12H19NO4/c1-15-7-8-4-5-10(16-2)12(17-3)11(8)9(14)6-13/h4-5,9,14H,6-7,13H2,1-3H3. The Bertz CT molecular complexity index is 368. The average molecular weight is 241 g/mol. The minimum absolute atomic E-state index is 0.111. The molecule has 0 spiro atoms. The molecule has 5 heteroatoms. The van der Waals surface area contributed by atoms with Gasteiger partial charge in [-0.25, -0.2) is 0 Å². The number of hydrogen-bond donors (Lipinski definition) is 2. The third-order valence-electron chi connectivity index (χ3n) is 2.53. The molecule has 5 nitrogen and oxygen atoms in total. The fourth-order valence-corrected chi connectivity index (χ4v) is 1.76. The first-order valence-electron chi connectivity index (χ1n) is 5.30. The highest BCUT2D eigenvalue weighted by atomic mass is 16.5. The van der Waals surface area contributed by atoms with Gasteiger partial charge >= 0.3 is 0 Å². The van der Waals surface area contributed by atoms with Crippen LogP contribution in [-0.2, 0) is 11.3 Å². The summed E-state index contributed by atoms with van der Waals surface area (Å²) in [7, 11) is 4.67. The van der Waals surface area contributed by atoms with E-state index in [1.807, 2.05) is 6.07 Å². The largest absolute Gasteiger partial charge is 0.493 e. The van der Waals surface area contributed by atoms with Crippen LogP contribution < -0.4 is 15.2 Å². The normalized spacial score (nSPS) is 12.3. The van der Waals surface area contributed by atoms with Crippen LogP contribution in [0.5, 0.6) is 11.5 Å². The van der Waals surface area contributed by atoms with Gasteiger partial charge in [0.25, 0.3) is 0 Å². The van der Waals surface area contributed by atoms with Gasteiger partial charge in [0.1, 0.15) is 0 Å². The molecule has 1 atom stereocenters. The quantitative estimate of drug-likeness (QED) is 0.772. The van der Waals surface area contributed by atoms with E-state index in [-0.39, 0.29) is 6.54 Å². The maximum Gasteiger partial charge on any atom is 0.166 e. The van der Waals surface area contributed by atoms with Gasteiger partial charge in [-0.1, -0.05) is 6.07 Å². The molecule has 0 aliphatic heterocycles. The van der Waals surface area contributed by atoms with Crippen LogP contribution in [0.4, 0.5) is 0 Å². The fraction of sp³-hybridized carbons (Fsp3) is 0.500. The first-order chi connectivity index (χ1) is 8.19. The van der Waals surface area contributed by atoms with Crippen LogP contribution in [0.15, 0.2) is 12.1 Å². The van der Waals surface area contributed by atoms with Crippen LogP contribution in [0.25, 0.3) is 0 Å². The molecule has 1 aromatic carbocycles. The second-order valence-corrected chi connectivity index (χ2v) is 3.56. The summed E-state index contributed by atoms with van der Waals surface area (Å²) in [5.41, 5.74) is 6.95. The number of rotatable bonds is 6. The summed E-state index contributed by atoms with van der Waals surface area (Å²) in [6.45, 7) is 0.493. The van der Waals surface area contributed by atoms with Gasteiger partial charge in [0.15, 0.2) is 11.5 Å². The Kier molecular flexibility index (Phi) is 5.21.